The smallest absolute Gasteiger partial charge is 0.212 e. The Morgan fingerprint density at radius 1 is 0.702 bits per heavy atom. The van der Waals surface area contributed by atoms with Crippen LogP contribution in [0.15, 0.2) is 60.9 Å². The highest BCUT2D eigenvalue weighted by Gasteiger charge is 2.21. The molecule has 0 bridgehead atoms. The summed E-state index contributed by atoms with van der Waals surface area (Å²) in [6.07, 6.45) is 4.20. The Morgan fingerprint density at radius 3 is 1.64 bits per heavy atom. The van der Waals surface area contributed by atoms with Crippen LogP contribution in [0.1, 0.15) is 24.5 Å². The van der Waals surface area contributed by atoms with Gasteiger partial charge in [0.15, 0.2) is 0 Å². The molecule has 1 unspecified atom stereocenters. The number of anilines is 1. The molecule has 5 nitrogen and oxygen atoms in total. The van der Waals surface area contributed by atoms with Crippen molar-refractivity contribution in [2.75, 3.05) is 18.0 Å². The van der Waals surface area contributed by atoms with Gasteiger partial charge in [-0.05, 0) is 61.6 Å². The molecule has 12 heteroatoms. The summed E-state index contributed by atoms with van der Waals surface area (Å²) in [7, 11) is 0. The zero-order chi connectivity index (χ0) is 33.6. The Morgan fingerprint density at radius 2 is 1.21 bits per heavy atom. The maximum absolute atomic E-state index is 14.1. The van der Waals surface area contributed by atoms with Gasteiger partial charge in [0.2, 0.25) is 5.95 Å². The number of aromatic nitrogens is 4. The van der Waals surface area contributed by atoms with Crippen molar-refractivity contribution >= 4 is 50.8 Å². The van der Waals surface area contributed by atoms with E-state index >= 15 is 0 Å². The molecule has 0 aliphatic carbocycles. The van der Waals surface area contributed by atoms with Crippen molar-refractivity contribution in [3.8, 4) is 22.5 Å². The van der Waals surface area contributed by atoms with Crippen molar-refractivity contribution in [2.24, 2.45) is 5.92 Å². The standard InChI is InChI=1S/C20H18ClF2N3.C15H8ClF3N2/c1-11-5-6-26(10-11)17-4-3-13(9-24-17)20-12(2)19(21)18-15(23)7-14(22)8-16(18)25-20;1-7-14(16)13-10(18)4-9(17)5-11(13)21-15(7)8-2-3-12(19)20-6-8/h3-4,7-9,11H,5-6,10H2,1-2H3;2-6H,1H3. The van der Waals surface area contributed by atoms with E-state index in [1.54, 1.807) is 20.0 Å². The average Bonchev–Trinajstić information content (AvgIpc) is 3.47. The molecular weight excluding hydrogens is 656 g/mol. The molecule has 0 spiro atoms. The summed E-state index contributed by atoms with van der Waals surface area (Å²) in [5.74, 6) is -1.91. The number of nitrogens with zero attached hydrogens (tertiary/aromatic N) is 5. The molecule has 1 aliphatic rings. The predicted molar refractivity (Wildman–Crippen MR) is 175 cm³/mol. The summed E-state index contributed by atoms with van der Waals surface area (Å²) in [6, 6.07) is 10.4. The molecule has 6 aromatic rings. The molecular formula is C35H26Cl2F5N5. The van der Waals surface area contributed by atoms with Crippen molar-refractivity contribution in [2.45, 2.75) is 27.2 Å². The van der Waals surface area contributed by atoms with Crippen molar-refractivity contribution < 1.29 is 22.0 Å². The van der Waals surface area contributed by atoms with Crippen LogP contribution in [-0.2, 0) is 0 Å². The van der Waals surface area contributed by atoms with E-state index in [2.05, 4.69) is 31.8 Å². The Kier molecular flexibility index (Phi) is 9.00. The first-order valence-corrected chi connectivity index (χ1v) is 15.4. The van der Waals surface area contributed by atoms with Crippen LogP contribution < -0.4 is 4.90 Å². The molecule has 0 radical (unpaired) electrons. The van der Waals surface area contributed by atoms with E-state index < -0.39 is 29.2 Å². The third-order valence-electron chi connectivity index (χ3n) is 8.11. The number of halogens is 7. The van der Waals surface area contributed by atoms with Crippen molar-refractivity contribution in [1.82, 2.24) is 19.9 Å². The number of hydrogen-bond donors (Lipinski definition) is 0. The van der Waals surface area contributed by atoms with Crippen molar-refractivity contribution in [3.63, 3.8) is 0 Å². The average molecular weight is 683 g/mol. The van der Waals surface area contributed by atoms with Crippen LogP contribution in [0.25, 0.3) is 44.3 Å². The zero-order valence-electron chi connectivity index (χ0n) is 25.4. The van der Waals surface area contributed by atoms with Gasteiger partial charge in [-0.2, -0.15) is 4.39 Å². The quantitative estimate of drug-likeness (QED) is 0.137. The number of rotatable bonds is 3. The van der Waals surface area contributed by atoms with Crippen LogP contribution in [0.2, 0.25) is 10.0 Å². The maximum Gasteiger partial charge on any atom is 0.212 e. The van der Waals surface area contributed by atoms with Gasteiger partial charge in [0.05, 0.1) is 43.2 Å². The van der Waals surface area contributed by atoms with Crippen molar-refractivity contribution in [3.05, 3.63) is 111 Å². The van der Waals surface area contributed by atoms with Gasteiger partial charge < -0.3 is 4.90 Å². The van der Waals surface area contributed by atoms with E-state index in [-0.39, 0.29) is 31.9 Å². The molecule has 5 heterocycles. The van der Waals surface area contributed by atoms with Crippen LogP contribution in [-0.4, -0.2) is 33.0 Å². The van der Waals surface area contributed by atoms with Crippen LogP contribution in [0.5, 0.6) is 0 Å². The maximum atomic E-state index is 14.1. The van der Waals surface area contributed by atoms with Crippen LogP contribution in [0, 0.1) is 49.0 Å². The second-order valence-corrected chi connectivity index (χ2v) is 12.2. The first-order chi connectivity index (χ1) is 22.4. The highest BCUT2D eigenvalue weighted by Crippen LogP contribution is 2.36. The lowest BCUT2D eigenvalue weighted by Gasteiger charge is -2.17. The van der Waals surface area contributed by atoms with Crippen LogP contribution in [0.3, 0.4) is 0 Å². The minimum absolute atomic E-state index is 0.0642. The van der Waals surface area contributed by atoms with E-state index in [9.17, 15) is 22.0 Å². The molecule has 1 saturated heterocycles. The molecule has 7 rings (SSSR count). The number of fused-ring (bicyclic) bond motifs is 2. The predicted octanol–water partition coefficient (Wildman–Crippen LogP) is 10.1. The molecule has 0 N–H and O–H groups in total. The summed E-state index contributed by atoms with van der Waals surface area (Å²) >= 11 is 12.5. The Labute approximate surface area is 277 Å². The normalized spacial score (nSPS) is 14.5. The molecule has 0 saturated carbocycles. The molecule has 47 heavy (non-hydrogen) atoms. The highest BCUT2D eigenvalue weighted by atomic mass is 35.5. The van der Waals surface area contributed by atoms with E-state index in [0.717, 1.165) is 42.7 Å². The lowest BCUT2D eigenvalue weighted by molar-refractivity contribution is 0.584. The Hall–Kier alpha value is -4.41. The van der Waals surface area contributed by atoms with E-state index in [1.165, 1.54) is 30.8 Å². The molecule has 2 aromatic carbocycles. The highest BCUT2D eigenvalue weighted by molar-refractivity contribution is 6.37. The number of pyridine rings is 4. The first kappa shape index (κ1) is 32.5. The SMILES string of the molecule is Cc1c(-c2ccc(F)nc2)nc2cc(F)cc(F)c2c1Cl.Cc1c(-c2ccc(N3CCC(C)C3)nc2)nc2cc(F)cc(F)c2c1Cl. The molecule has 240 valence electrons. The van der Waals surface area contributed by atoms with Gasteiger partial charge in [0.25, 0.3) is 0 Å². The van der Waals surface area contributed by atoms with Gasteiger partial charge in [-0.1, -0.05) is 30.1 Å². The lowest BCUT2D eigenvalue weighted by Crippen LogP contribution is -2.20. The second kappa shape index (κ2) is 13.0. The Bertz CT molecular complexity index is 2140. The molecule has 4 aromatic heterocycles. The summed E-state index contributed by atoms with van der Waals surface area (Å²) in [4.78, 5) is 19.0. The fraction of sp³-hybridized carbons (Fsp3) is 0.200. The van der Waals surface area contributed by atoms with E-state index in [4.69, 9.17) is 23.2 Å². The lowest BCUT2D eigenvalue weighted by atomic mass is 10.0. The Balaban J connectivity index is 0.000000168. The van der Waals surface area contributed by atoms with Crippen LogP contribution >= 0.6 is 23.2 Å². The summed E-state index contributed by atoms with van der Waals surface area (Å²) in [5, 5.41) is 0.608. The molecule has 1 atom stereocenters. The summed E-state index contributed by atoms with van der Waals surface area (Å²) in [6.45, 7) is 7.69. The summed E-state index contributed by atoms with van der Waals surface area (Å²) in [5.41, 5.74) is 3.74. The fourth-order valence-electron chi connectivity index (χ4n) is 5.66. The van der Waals surface area contributed by atoms with Gasteiger partial charge >= 0.3 is 0 Å². The molecule has 1 fully saturated rings. The van der Waals surface area contributed by atoms with Gasteiger partial charge in [-0.25, -0.2) is 37.5 Å². The van der Waals surface area contributed by atoms with Crippen LogP contribution in [0.4, 0.5) is 27.8 Å². The zero-order valence-corrected chi connectivity index (χ0v) is 26.9. The fourth-order valence-corrected chi connectivity index (χ4v) is 6.21. The monoisotopic (exact) mass is 681 g/mol. The van der Waals surface area contributed by atoms with E-state index in [0.29, 0.717) is 34.0 Å². The summed E-state index contributed by atoms with van der Waals surface area (Å²) < 4.78 is 67.7. The third-order valence-corrected chi connectivity index (χ3v) is 9.06. The van der Waals surface area contributed by atoms with Gasteiger partial charge in [-0.3, -0.25) is 0 Å². The molecule has 0 amide bonds. The third kappa shape index (κ3) is 6.44. The van der Waals surface area contributed by atoms with Gasteiger partial charge in [0.1, 0.15) is 29.1 Å². The molecule has 1 aliphatic heterocycles. The van der Waals surface area contributed by atoms with Gasteiger partial charge in [0, 0.05) is 60.9 Å². The minimum atomic E-state index is -0.769. The number of hydrogen-bond acceptors (Lipinski definition) is 5. The largest absolute Gasteiger partial charge is 0.356 e. The van der Waals surface area contributed by atoms with Crippen molar-refractivity contribution in [1.29, 1.82) is 0 Å². The number of benzene rings is 2. The minimum Gasteiger partial charge on any atom is -0.356 e. The van der Waals surface area contributed by atoms with Gasteiger partial charge in [-0.15, -0.1) is 0 Å². The first-order valence-electron chi connectivity index (χ1n) is 14.6. The topological polar surface area (TPSA) is 54.8 Å². The second-order valence-electron chi connectivity index (χ2n) is 11.5. The van der Waals surface area contributed by atoms with E-state index in [1.807, 2.05) is 12.1 Å².